The van der Waals surface area contributed by atoms with E-state index in [0.717, 1.165) is 5.57 Å². The third-order valence-electron chi connectivity index (χ3n) is 1.08. The molecule has 0 saturated heterocycles. The van der Waals surface area contributed by atoms with Gasteiger partial charge in [-0.25, -0.2) is 0 Å². The minimum absolute atomic E-state index is 0.201. The molecule has 3 heteroatoms. The Bertz CT molecular complexity index is 170. The lowest BCUT2D eigenvalue weighted by Crippen LogP contribution is -2.03. The summed E-state index contributed by atoms with van der Waals surface area (Å²) in [6.07, 6.45) is 2.22. The molecule has 11 heavy (non-hydrogen) atoms. The van der Waals surface area contributed by atoms with E-state index >= 15 is 0 Å². The Morgan fingerprint density at radius 2 is 2.18 bits per heavy atom. The standard InChI is InChI=1S/C8H12O3/c1-3-11-8(10)6-7(2)4-5-9/h4-5H,3,6H2,1-2H3. The highest BCUT2D eigenvalue weighted by Gasteiger charge is 2.00. The lowest BCUT2D eigenvalue weighted by Gasteiger charge is -1.99. The van der Waals surface area contributed by atoms with Crippen LogP contribution >= 0.6 is 0 Å². The van der Waals surface area contributed by atoms with Crippen LogP contribution in [0.15, 0.2) is 11.6 Å². The summed E-state index contributed by atoms with van der Waals surface area (Å²) < 4.78 is 4.66. The second-order valence-electron chi connectivity index (χ2n) is 2.13. The van der Waals surface area contributed by atoms with Gasteiger partial charge >= 0.3 is 5.97 Å². The zero-order valence-corrected chi connectivity index (χ0v) is 6.79. The first-order valence-corrected chi connectivity index (χ1v) is 3.47. The molecular formula is C8H12O3. The van der Waals surface area contributed by atoms with Crippen LogP contribution in [-0.4, -0.2) is 18.9 Å². The number of carbonyl (C=O) groups excluding carboxylic acids is 2. The highest BCUT2D eigenvalue weighted by molar-refractivity contribution is 5.75. The minimum atomic E-state index is -0.289. The number of carbonyl (C=O) groups is 2. The molecule has 0 rings (SSSR count). The van der Waals surface area contributed by atoms with E-state index < -0.39 is 0 Å². The fourth-order valence-electron chi connectivity index (χ4n) is 0.615. The summed E-state index contributed by atoms with van der Waals surface area (Å²) in [4.78, 5) is 20.7. The van der Waals surface area contributed by atoms with Gasteiger partial charge in [-0.05, 0) is 19.9 Å². The van der Waals surface area contributed by atoms with Gasteiger partial charge in [-0.1, -0.05) is 5.57 Å². The molecule has 0 aliphatic rings. The largest absolute Gasteiger partial charge is 0.466 e. The van der Waals surface area contributed by atoms with Crippen molar-refractivity contribution < 1.29 is 14.3 Å². The van der Waals surface area contributed by atoms with E-state index in [1.807, 2.05) is 0 Å². The molecule has 0 heterocycles. The smallest absolute Gasteiger partial charge is 0.309 e. The molecule has 0 radical (unpaired) electrons. The number of aldehydes is 1. The maximum Gasteiger partial charge on any atom is 0.309 e. The lowest BCUT2D eigenvalue weighted by atomic mass is 10.2. The van der Waals surface area contributed by atoms with Crippen LogP contribution in [-0.2, 0) is 14.3 Å². The highest BCUT2D eigenvalue weighted by atomic mass is 16.5. The molecule has 0 aromatic heterocycles. The van der Waals surface area contributed by atoms with Crippen LogP contribution in [0, 0.1) is 0 Å². The Hall–Kier alpha value is -1.12. The fourth-order valence-corrected chi connectivity index (χ4v) is 0.615. The summed E-state index contributed by atoms with van der Waals surface area (Å²) in [6.45, 7) is 3.84. The molecule has 0 bridgehead atoms. The van der Waals surface area contributed by atoms with Crippen molar-refractivity contribution in [1.29, 1.82) is 0 Å². The highest BCUT2D eigenvalue weighted by Crippen LogP contribution is 1.99. The quantitative estimate of drug-likeness (QED) is 0.347. The molecule has 0 aromatic rings. The van der Waals surface area contributed by atoms with Gasteiger partial charge in [0, 0.05) is 0 Å². The molecule has 0 aromatic carbocycles. The van der Waals surface area contributed by atoms with Crippen LogP contribution < -0.4 is 0 Å². The molecule has 0 unspecified atom stereocenters. The maximum atomic E-state index is 10.7. The SMILES string of the molecule is CCOC(=O)CC(C)=CC=O. The second kappa shape index (κ2) is 5.65. The van der Waals surface area contributed by atoms with Crippen molar-refractivity contribution in [3.8, 4) is 0 Å². The zero-order valence-electron chi connectivity index (χ0n) is 6.79. The number of esters is 1. The van der Waals surface area contributed by atoms with E-state index in [9.17, 15) is 9.59 Å². The summed E-state index contributed by atoms with van der Waals surface area (Å²) in [5.74, 6) is -0.289. The normalized spacial score (nSPS) is 10.9. The summed E-state index contributed by atoms with van der Waals surface area (Å²) in [6, 6.07) is 0. The monoisotopic (exact) mass is 156 g/mol. The Balaban J connectivity index is 3.74. The third kappa shape index (κ3) is 5.33. The Morgan fingerprint density at radius 1 is 1.55 bits per heavy atom. The van der Waals surface area contributed by atoms with Gasteiger partial charge in [0.05, 0.1) is 13.0 Å². The molecule has 62 valence electrons. The molecule has 0 atom stereocenters. The second-order valence-corrected chi connectivity index (χ2v) is 2.13. The van der Waals surface area contributed by atoms with Crippen molar-refractivity contribution >= 4 is 12.3 Å². The molecular weight excluding hydrogens is 144 g/mol. The summed E-state index contributed by atoms with van der Waals surface area (Å²) in [5.41, 5.74) is 0.721. The predicted molar refractivity (Wildman–Crippen MR) is 41.1 cm³/mol. The molecule has 0 fully saturated rings. The van der Waals surface area contributed by atoms with Crippen LogP contribution in [0.3, 0.4) is 0 Å². The van der Waals surface area contributed by atoms with Gasteiger partial charge in [0.2, 0.25) is 0 Å². The number of rotatable bonds is 4. The topological polar surface area (TPSA) is 43.4 Å². The van der Waals surface area contributed by atoms with Gasteiger partial charge < -0.3 is 4.74 Å². The predicted octanol–water partition coefficient (Wildman–Crippen LogP) is 1.08. The molecule has 0 saturated carbocycles. The lowest BCUT2D eigenvalue weighted by molar-refractivity contribution is -0.142. The molecule has 0 spiro atoms. The van der Waals surface area contributed by atoms with Crippen molar-refractivity contribution in [3.63, 3.8) is 0 Å². The number of allylic oxidation sites excluding steroid dienone is 1. The first-order valence-electron chi connectivity index (χ1n) is 3.47. The molecule has 0 amide bonds. The molecule has 0 aliphatic carbocycles. The van der Waals surface area contributed by atoms with E-state index in [2.05, 4.69) is 4.74 Å². The van der Waals surface area contributed by atoms with E-state index in [0.29, 0.717) is 12.9 Å². The van der Waals surface area contributed by atoms with Gasteiger partial charge in [-0.2, -0.15) is 0 Å². The minimum Gasteiger partial charge on any atom is -0.466 e. The van der Waals surface area contributed by atoms with Crippen LogP contribution in [0.4, 0.5) is 0 Å². The van der Waals surface area contributed by atoms with Gasteiger partial charge in [0.1, 0.15) is 6.29 Å². The van der Waals surface area contributed by atoms with Gasteiger partial charge in [0.25, 0.3) is 0 Å². The molecule has 3 nitrogen and oxygen atoms in total. The van der Waals surface area contributed by atoms with Crippen LogP contribution in [0.25, 0.3) is 0 Å². The van der Waals surface area contributed by atoms with Crippen molar-refractivity contribution in [2.45, 2.75) is 20.3 Å². The average molecular weight is 156 g/mol. The van der Waals surface area contributed by atoms with Crippen molar-refractivity contribution in [1.82, 2.24) is 0 Å². The fraction of sp³-hybridized carbons (Fsp3) is 0.500. The van der Waals surface area contributed by atoms with Crippen LogP contribution in [0.5, 0.6) is 0 Å². The number of hydrogen-bond donors (Lipinski definition) is 0. The van der Waals surface area contributed by atoms with Gasteiger partial charge in [0.15, 0.2) is 0 Å². The average Bonchev–Trinajstić information content (AvgIpc) is 1.87. The van der Waals surface area contributed by atoms with Gasteiger partial charge in [-0.3, -0.25) is 9.59 Å². The van der Waals surface area contributed by atoms with Crippen molar-refractivity contribution in [3.05, 3.63) is 11.6 Å². The van der Waals surface area contributed by atoms with Crippen molar-refractivity contribution in [2.75, 3.05) is 6.61 Å². The Kier molecular flexibility index (Phi) is 5.07. The zero-order chi connectivity index (χ0) is 8.69. The van der Waals surface area contributed by atoms with Crippen LogP contribution in [0.2, 0.25) is 0 Å². The van der Waals surface area contributed by atoms with E-state index in [-0.39, 0.29) is 12.4 Å². The van der Waals surface area contributed by atoms with E-state index in [1.165, 1.54) is 6.08 Å². The Morgan fingerprint density at radius 3 is 2.64 bits per heavy atom. The number of hydrogen-bond acceptors (Lipinski definition) is 3. The maximum absolute atomic E-state index is 10.7. The summed E-state index contributed by atoms with van der Waals surface area (Å²) in [5, 5.41) is 0. The first-order chi connectivity index (χ1) is 5.20. The first kappa shape index (κ1) is 9.88. The molecule has 0 aliphatic heterocycles. The third-order valence-corrected chi connectivity index (χ3v) is 1.08. The Labute approximate surface area is 66.0 Å². The summed E-state index contributed by atoms with van der Waals surface area (Å²) in [7, 11) is 0. The van der Waals surface area contributed by atoms with Gasteiger partial charge in [-0.15, -0.1) is 0 Å². The molecule has 0 N–H and O–H groups in total. The van der Waals surface area contributed by atoms with E-state index in [1.54, 1.807) is 13.8 Å². The summed E-state index contributed by atoms with van der Waals surface area (Å²) >= 11 is 0. The van der Waals surface area contributed by atoms with Crippen molar-refractivity contribution in [2.24, 2.45) is 0 Å². The van der Waals surface area contributed by atoms with E-state index in [4.69, 9.17) is 0 Å². The number of ether oxygens (including phenoxy) is 1. The van der Waals surface area contributed by atoms with Crippen LogP contribution in [0.1, 0.15) is 20.3 Å².